The number of amides is 1. The third kappa shape index (κ3) is 4.01. The zero-order valence-electron chi connectivity index (χ0n) is 9.05. The minimum Gasteiger partial charge on any atom is -0.481 e. The molecule has 0 spiro atoms. The topological polar surface area (TPSA) is 104 Å². The van der Waals surface area contributed by atoms with Crippen molar-refractivity contribution < 1.29 is 24.6 Å². The first-order valence-corrected chi connectivity index (χ1v) is 6.16. The number of hydrogen-bond donors (Lipinski definition) is 3. The van der Waals surface area contributed by atoms with Crippen LogP contribution in [0.25, 0.3) is 0 Å². The van der Waals surface area contributed by atoms with Crippen molar-refractivity contribution in [3.05, 3.63) is 21.3 Å². The first-order valence-electron chi connectivity index (χ1n) is 4.90. The molecule has 0 bridgehead atoms. The standard InChI is InChI=1S/C10H10ClNO5S/c11-5-3-4-18-8(5)9(15)12-6(10(16)17)1-2-7(13)14/h3-4,6H,1-2H2,(H,12,15)(H,13,14)(H,16,17). The van der Waals surface area contributed by atoms with Crippen molar-refractivity contribution in [2.24, 2.45) is 0 Å². The molecule has 0 aromatic carbocycles. The van der Waals surface area contributed by atoms with Gasteiger partial charge < -0.3 is 15.5 Å². The van der Waals surface area contributed by atoms with Crippen molar-refractivity contribution in [1.29, 1.82) is 0 Å². The molecular weight excluding hydrogens is 282 g/mol. The van der Waals surface area contributed by atoms with Gasteiger partial charge in [0, 0.05) is 6.42 Å². The predicted octanol–water partition coefficient (Wildman–Crippen LogP) is 1.45. The number of carboxylic acid groups (broad SMARTS) is 2. The number of thiophene rings is 1. The van der Waals surface area contributed by atoms with Gasteiger partial charge in [-0.15, -0.1) is 11.3 Å². The Morgan fingerprint density at radius 3 is 2.50 bits per heavy atom. The molecule has 1 atom stereocenters. The second kappa shape index (κ2) is 6.36. The van der Waals surface area contributed by atoms with Crippen LogP contribution in [-0.4, -0.2) is 34.1 Å². The zero-order valence-corrected chi connectivity index (χ0v) is 10.6. The summed E-state index contributed by atoms with van der Waals surface area (Å²) in [5.74, 6) is -3.02. The van der Waals surface area contributed by atoms with E-state index in [1.807, 2.05) is 0 Å². The Bertz CT molecular complexity index is 473. The Morgan fingerprint density at radius 1 is 1.39 bits per heavy atom. The molecule has 1 amide bonds. The lowest BCUT2D eigenvalue weighted by Crippen LogP contribution is -2.40. The van der Waals surface area contributed by atoms with Crippen molar-refractivity contribution in [2.45, 2.75) is 18.9 Å². The molecule has 18 heavy (non-hydrogen) atoms. The summed E-state index contributed by atoms with van der Waals surface area (Å²) in [4.78, 5) is 33.1. The number of hydrogen-bond acceptors (Lipinski definition) is 4. The summed E-state index contributed by atoms with van der Waals surface area (Å²) in [7, 11) is 0. The van der Waals surface area contributed by atoms with Crippen LogP contribution in [0.15, 0.2) is 11.4 Å². The van der Waals surface area contributed by atoms with Gasteiger partial charge >= 0.3 is 11.9 Å². The van der Waals surface area contributed by atoms with Crippen LogP contribution in [0.5, 0.6) is 0 Å². The van der Waals surface area contributed by atoms with E-state index in [1.54, 1.807) is 5.38 Å². The van der Waals surface area contributed by atoms with Gasteiger partial charge in [0.15, 0.2) is 0 Å². The molecule has 0 saturated carbocycles. The van der Waals surface area contributed by atoms with Crippen molar-refractivity contribution in [2.75, 3.05) is 0 Å². The summed E-state index contributed by atoms with van der Waals surface area (Å²) in [5, 5.41) is 21.4. The van der Waals surface area contributed by atoms with E-state index in [1.165, 1.54) is 6.07 Å². The molecule has 0 aliphatic rings. The van der Waals surface area contributed by atoms with Gasteiger partial charge in [0.25, 0.3) is 5.91 Å². The van der Waals surface area contributed by atoms with Crippen LogP contribution in [0.2, 0.25) is 5.02 Å². The van der Waals surface area contributed by atoms with Crippen LogP contribution in [0.1, 0.15) is 22.5 Å². The monoisotopic (exact) mass is 291 g/mol. The van der Waals surface area contributed by atoms with E-state index >= 15 is 0 Å². The zero-order chi connectivity index (χ0) is 13.7. The van der Waals surface area contributed by atoms with E-state index in [0.29, 0.717) is 0 Å². The summed E-state index contributed by atoms with van der Waals surface area (Å²) in [6.07, 6.45) is -0.519. The molecule has 6 nitrogen and oxygen atoms in total. The summed E-state index contributed by atoms with van der Waals surface area (Å²) >= 11 is 6.82. The molecule has 3 N–H and O–H groups in total. The first-order chi connectivity index (χ1) is 8.41. The average molecular weight is 292 g/mol. The normalized spacial score (nSPS) is 11.8. The molecular formula is C10H10ClNO5S. The van der Waals surface area contributed by atoms with Gasteiger partial charge in [-0.05, 0) is 17.9 Å². The summed E-state index contributed by atoms with van der Waals surface area (Å²) in [6.45, 7) is 0. The van der Waals surface area contributed by atoms with Crippen molar-refractivity contribution in [1.82, 2.24) is 5.32 Å². The number of rotatable bonds is 6. The lowest BCUT2D eigenvalue weighted by Gasteiger charge is -2.12. The largest absolute Gasteiger partial charge is 0.481 e. The second-order valence-corrected chi connectivity index (χ2v) is 4.72. The third-order valence-corrected chi connectivity index (χ3v) is 3.41. The summed E-state index contributed by atoms with van der Waals surface area (Å²) in [5.41, 5.74) is 0. The van der Waals surface area contributed by atoms with Gasteiger partial charge in [-0.3, -0.25) is 9.59 Å². The van der Waals surface area contributed by atoms with Gasteiger partial charge in [0.1, 0.15) is 10.9 Å². The van der Waals surface area contributed by atoms with E-state index < -0.39 is 23.9 Å². The van der Waals surface area contributed by atoms with Gasteiger partial charge in [-0.25, -0.2) is 4.79 Å². The number of carbonyl (C=O) groups excluding carboxylic acids is 1. The molecule has 1 aromatic rings. The second-order valence-electron chi connectivity index (χ2n) is 3.39. The van der Waals surface area contributed by atoms with E-state index in [9.17, 15) is 14.4 Å². The van der Waals surface area contributed by atoms with Crippen LogP contribution >= 0.6 is 22.9 Å². The maximum absolute atomic E-state index is 11.7. The van der Waals surface area contributed by atoms with Gasteiger partial charge in [-0.2, -0.15) is 0 Å². The number of carboxylic acids is 2. The highest BCUT2D eigenvalue weighted by atomic mass is 35.5. The molecule has 0 radical (unpaired) electrons. The Kier molecular flexibility index (Phi) is 5.11. The lowest BCUT2D eigenvalue weighted by molar-refractivity contribution is -0.140. The molecule has 0 fully saturated rings. The highest BCUT2D eigenvalue weighted by molar-refractivity contribution is 7.12. The molecule has 1 unspecified atom stereocenters. The maximum Gasteiger partial charge on any atom is 0.326 e. The van der Waals surface area contributed by atoms with Crippen molar-refractivity contribution in [3.8, 4) is 0 Å². The van der Waals surface area contributed by atoms with Crippen molar-refractivity contribution >= 4 is 40.8 Å². The predicted molar refractivity (Wildman–Crippen MR) is 65.1 cm³/mol. The Morgan fingerprint density at radius 2 is 2.06 bits per heavy atom. The van der Waals surface area contributed by atoms with Gasteiger partial charge in [-0.1, -0.05) is 11.6 Å². The van der Waals surface area contributed by atoms with Crippen LogP contribution in [0, 0.1) is 0 Å². The molecule has 0 saturated heterocycles. The van der Waals surface area contributed by atoms with Gasteiger partial charge in [0.2, 0.25) is 0 Å². The van der Waals surface area contributed by atoms with Gasteiger partial charge in [0.05, 0.1) is 5.02 Å². The highest BCUT2D eigenvalue weighted by Gasteiger charge is 2.23. The summed E-state index contributed by atoms with van der Waals surface area (Å²) < 4.78 is 0. The molecule has 1 aromatic heterocycles. The van der Waals surface area contributed by atoms with Crippen molar-refractivity contribution in [3.63, 3.8) is 0 Å². The molecule has 98 valence electrons. The molecule has 8 heteroatoms. The quantitative estimate of drug-likeness (QED) is 0.736. The number of nitrogens with one attached hydrogen (secondary N) is 1. The fraction of sp³-hybridized carbons (Fsp3) is 0.300. The fourth-order valence-corrected chi connectivity index (χ4v) is 2.25. The molecule has 1 rings (SSSR count). The van der Waals surface area contributed by atoms with E-state index in [2.05, 4.69) is 5.32 Å². The Hall–Kier alpha value is -1.60. The minimum absolute atomic E-state index is 0.181. The molecule has 0 aliphatic heterocycles. The molecule has 0 aliphatic carbocycles. The SMILES string of the molecule is O=C(O)CCC(NC(=O)c1sccc1Cl)C(=O)O. The lowest BCUT2D eigenvalue weighted by atomic mass is 10.1. The minimum atomic E-state index is -1.28. The van der Waals surface area contributed by atoms with E-state index in [0.717, 1.165) is 11.3 Å². The Labute approximate surface area is 111 Å². The smallest absolute Gasteiger partial charge is 0.326 e. The van der Waals surface area contributed by atoms with Crippen LogP contribution in [0.3, 0.4) is 0 Å². The maximum atomic E-state index is 11.7. The van der Waals surface area contributed by atoms with E-state index in [-0.39, 0.29) is 22.7 Å². The third-order valence-electron chi connectivity index (χ3n) is 2.07. The van der Waals surface area contributed by atoms with Crippen LogP contribution in [0.4, 0.5) is 0 Å². The number of carbonyl (C=O) groups is 3. The average Bonchev–Trinajstić information content (AvgIpc) is 2.69. The summed E-state index contributed by atoms with van der Waals surface area (Å²) in [6, 6.07) is 0.278. The number of halogens is 1. The van der Waals surface area contributed by atoms with Crippen LogP contribution < -0.4 is 5.32 Å². The van der Waals surface area contributed by atoms with Crippen LogP contribution in [-0.2, 0) is 9.59 Å². The fourth-order valence-electron chi connectivity index (χ4n) is 1.20. The molecule has 1 heterocycles. The Balaban J connectivity index is 2.67. The highest BCUT2D eigenvalue weighted by Crippen LogP contribution is 2.21. The first kappa shape index (κ1) is 14.5. The number of aliphatic carboxylic acids is 2. The van der Waals surface area contributed by atoms with E-state index in [4.69, 9.17) is 21.8 Å².